The Hall–Kier alpha value is -1.86. The molecule has 1 aliphatic carbocycles. The number of nitriles is 1. The number of hydrogen-bond acceptors (Lipinski definition) is 3. The van der Waals surface area contributed by atoms with E-state index in [-0.39, 0.29) is 5.41 Å². The Balaban J connectivity index is 1.71. The highest BCUT2D eigenvalue weighted by atomic mass is 16.4. The summed E-state index contributed by atoms with van der Waals surface area (Å²) in [5.74, 6) is -0.871. The fraction of sp³-hybridized carbons (Fsp3) is 0.467. The number of benzene rings is 1. The van der Waals surface area contributed by atoms with Crippen molar-refractivity contribution in [3.63, 3.8) is 0 Å². The van der Waals surface area contributed by atoms with E-state index in [1.807, 2.05) is 6.07 Å². The Labute approximate surface area is 112 Å². The van der Waals surface area contributed by atoms with Crippen LogP contribution in [0.25, 0.3) is 0 Å². The molecule has 1 aromatic carbocycles. The highest BCUT2D eigenvalue weighted by Crippen LogP contribution is 2.49. The Morgan fingerprint density at radius 2 is 2.11 bits per heavy atom. The van der Waals surface area contributed by atoms with Crippen LogP contribution in [0, 0.1) is 16.7 Å². The Kier molecular flexibility index (Phi) is 2.79. The first-order valence-corrected chi connectivity index (χ1v) is 6.56. The summed E-state index contributed by atoms with van der Waals surface area (Å²) in [5.41, 5.74) is 2.91. The highest BCUT2D eigenvalue weighted by Gasteiger charge is 2.44. The molecule has 1 saturated carbocycles. The summed E-state index contributed by atoms with van der Waals surface area (Å²) in [4.78, 5) is 13.3. The van der Waals surface area contributed by atoms with Crippen LogP contribution < -0.4 is 0 Å². The molecule has 0 atom stereocenters. The Bertz CT molecular complexity index is 570. The monoisotopic (exact) mass is 256 g/mol. The molecule has 98 valence electrons. The fourth-order valence-corrected chi connectivity index (χ4v) is 2.92. The molecule has 1 aromatic rings. The third-order valence-electron chi connectivity index (χ3n) is 4.21. The van der Waals surface area contributed by atoms with Gasteiger partial charge in [-0.2, -0.15) is 5.26 Å². The van der Waals surface area contributed by atoms with Crippen LogP contribution in [0.15, 0.2) is 18.2 Å². The van der Waals surface area contributed by atoms with Crippen LogP contribution in [0.4, 0.5) is 0 Å². The summed E-state index contributed by atoms with van der Waals surface area (Å²) in [7, 11) is 0. The topological polar surface area (TPSA) is 64.3 Å². The number of carboxylic acids is 1. The molecular formula is C15H16N2O2. The van der Waals surface area contributed by atoms with Gasteiger partial charge in [0, 0.05) is 26.1 Å². The first-order valence-electron chi connectivity index (χ1n) is 6.56. The SMILES string of the molecule is N#CCC1(CN2Cc3ccc(C(=O)O)cc3C2)CC1. The number of carbonyl (C=O) groups is 1. The van der Waals surface area contributed by atoms with Crippen molar-refractivity contribution in [2.75, 3.05) is 6.54 Å². The molecule has 0 aromatic heterocycles. The van der Waals surface area contributed by atoms with E-state index in [1.165, 1.54) is 5.56 Å². The van der Waals surface area contributed by atoms with Gasteiger partial charge in [0.05, 0.1) is 11.6 Å². The molecule has 0 saturated heterocycles. The largest absolute Gasteiger partial charge is 0.478 e. The van der Waals surface area contributed by atoms with Crippen LogP contribution in [-0.2, 0) is 13.1 Å². The molecule has 2 aliphatic rings. The summed E-state index contributed by atoms with van der Waals surface area (Å²) in [6, 6.07) is 7.66. The summed E-state index contributed by atoms with van der Waals surface area (Å²) in [6.07, 6.45) is 2.93. The highest BCUT2D eigenvalue weighted by molar-refractivity contribution is 5.87. The predicted octanol–water partition coefficient (Wildman–Crippen LogP) is 2.39. The van der Waals surface area contributed by atoms with E-state index in [1.54, 1.807) is 12.1 Å². The van der Waals surface area contributed by atoms with Gasteiger partial charge in [-0.05, 0) is 41.5 Å². The van der Waals surface area contributed by atoms with E-state index in [4.69, 9.17) is 10.4 Å². The second-order valence-corrected chi connectivity index (χ2v) is 5.77. The van der Waals surface area contributed by atoms with Gasteiger partial charge >= 0.3 is 5.97 Å². The minimum absolute atomic E-state index is 0.215. The van der Waals surface area contributed by atoms with Crippen molar-refractivity contribution < 1.29 is 9.90 Å². The van der Waals surface area contributed by atoms with E-state index in [2.05, 4.69) is 11.0 Å². The number of hydrogen-bond donors (Lipinski definition) is 1. The van der Waals surface area contributed by atoms with Gasteiger partial charge in [-0.15, -0.1) is 0 Å². The lowest BCUT2D eigenvalue weighted by Crippen LogP contribution is -2.25. The standard InChI is InChI=1S/C15H16N2O2/c16-6-5-15(3-4-15)10-17-8-12-2-1-11(14(18)19)7-13(12)9-17/h1-2,7H,3-5,8-10H2,(H,18,19). The van der Waals surface area contributed by atoms with Gasteiger partial charge < -0.3 is 5.11 Å². The normalized spacial score (nSPS) is 19.7. The number of fused-ring (bicyclic) bond motifs is 1. The lowest BCUT2D eigenvalue weighted by atomic mass is 10.0. The van der Waals surface area contributed by atoms with Crippen molar-refractivity contribution in [3.8, 4) is 6.07 Å². The molecule has 19 heavy (non-hydrogen) atoms. The van der Waals surface area contributed by atoms with Crippen molar-refractivity contribution in [2.45, 2.75) is 32.4 Å². The molecule has 0 unspecified atom stereocenters. The van der Waals surface area contributed by atoms with Gasteiger partial charge in [0.2, 0.25) is 0 Å². The van der Waals surface area contributed by atoms with Crippen molar-refractivity contribution in [1.29, 1.82) is 5.26 Å². The maximum Gasteiger partial charge on any atom is 0.335 e. The minimum atomic E-state index is -0.871. The third kappa shape index (κ3) is 2.34. The zero-order valence-electron chi connectivity index (χ0n) is 10.7. The molecule has 0 amide bonds. The summed E-state index contributed by atoms with van der Waals surface area (Å²) in [5, 5.41) is 17.9. The van der Waals surface area contributed by atoms with Crippen molar-refractivity contribution in [2.24, 2.45) is 5.41 Å². The Morgan fingerprint density at radius 3 is 2.74 bits per heavy atom. The van der Waals surface area contributed by atoms with Crippen LogP contribution in [0.3, 0.4) is 0 Å². The number of rotatable bonds is 4. The second-order valence-electron chi connectivity index (χ2n) is 5.77. The first-order chi connectivity index (χ1) is 9.12. The van der Waals surface area contributed by atoms with Gasteiger partial charge in [-0.1, -0.05) is 6.07 Å². The van der Waals surface area contributed by atoms with Gasteiger partial charge in [0.25, 0.3) is 0 Å². The average Bonchev–Trinajstić information content (AvgIpc) is 3.00. The zero-order valence-corrected chi connectivity index (χ0v) is 10.7. The summed E-state index contributed by atoms with van der Waals surface area (Å²) < 4.78 is 0. The van der Waals surface area contributed by atoms with Crippen molar-refractivity contribution >= 4 is 5.97 Å². The van der Waals surface area contributed by atoms with Crippen LogP contribution >= 0.6 is 0 Å². The first kappa shape index (κ1) is 12.2. The molecule has 3 rings (SSSR count). The molecule has 4 nitrogen and oxygen atoms in total. The van der Waals surface area contributed by atoms with E-state index < -0.39 is 5.97 Å². The number of aromatic carboxylic acids is 1. The molecule has 1 fully saturated rings. The Morgan fingerprint density at radius 1 is 1.37 bits per heavy atom. The second kappa shape index (κ2) is 4.36. The number of carboxylic acid groups (broad SMARTS) is 1. The van der Waals surface area contributed by atoms with E-state index in [0.717, 1.165) is 38.0 Å². The predicted molar refractivity (Wildman–Crippen MR) is 69.4 cm³/mol. The minimum Gasteiger partial charge on any atom is -0.478 e. The maximum absolute atomic E-state index is 11.0. The molecule has 1 N–H and O–H groups in total. The summed E-state index contributed by atoms with van der Waals surface area (Å²) in [6.45, 7) is 2.64. The number of nitrogens with zero attached hydrogens (tertiary/aromatic N) is 2. The van der Waals surface area contributed by atoms with Crippen LogP contribution in [0.1, 0.15) is 40.7 Å². The van der Waals surface area contributed by atoms with Crippen LogP contribution in [-0.4, -0.2) is 22.5 Å². The third-order valence-corrected chi connectivity index (χ3v) is 4.21. The smallest absolute Gasteiger partial charge is 0.335 e. The van der Waals surface area contributed by atoms with Crippen molar-refractivity contribution in [3.05, 3.63) is 34.9 Å². The zero-order chi connectivity index (χ0) is 13.5. The van der Waals surface area contributed by atoms with Crippen molar-refractivity contribution in [1.82, 2.24) is 4.90 Å². The quantitative estimate of drug-likeness (QED) is 0.898. The van der Waals surface area contributed by atoms with Gasteiger partial charge in [0.15, 0.2) is 0 Å². The van der Waals surface area contributed by atoms with E-state index in [9.17, 15) is 4.79 Å². The molecule has 0 bridgehead atoms. The van der Waals surface area contributed by atoms with Gasteiger partial charge in [-0.25, -0.2) is 4.79 Å². The average molecular weight is 256 g/mol. The van der Waals surface area contributed by atoms with Gasteiger partial charge in [0.1, 0.15) is 0 Å². The van der Waals surface area contributed by atoms with E-state index >= 15 is 0 Å². The van der Waals surface area contributed by atoms with Crippen LogP contribution in [0.2, 0.25) is 0 Å². The van der Waals surface area contributed by atoms with E-state index in [0.29, 0.717) is 12.0 Å². The molecule has 4 heteroatoms. The fourth-order valence-electron chi connectivity index (χ4n) is 2.92. The van der Waals surface area contributed by atoms with Gasteiger partial charge in [-0.3, -0.25) is 4.90 Å². The maximum atomic E-state index is 11.0. The molecule has 1 aliphatic heterocycles. The lowest BCUT2D eigenvalue weighted by molar-refractivity contribution is 0.0696. The van der Waals surface area contributed by atoms with Crippen LogP contribution in [0.5, 0.6) is 0 Å². The summed E-state index contributed by atoms with van der Waals surface area (Å²) >= 11 is 0. The molecule has 1 heterocycles. The molecule has 0 spiro atoms. The molecular weight excluding hydrogens is 240 g/mol. The molecule has 0 radical (unpaired) electrons. The lowest BCUT2D eigenvalue weighted by Gasteiger charge is -2.20.